The topological polar surface area (TPSA) is 61.8 Å². The minimum atomic E-state index is -0.824. The molecule has 5 nitrogen and oxygen atoms in total. The molecule has 0 spiro atoms. The number of aliphatic hydroxyl groups excluding tert-OH is 1. The van der Waals surface area contributed by atoms with E-state index < -0.39 is 29.4 Å². The number of ether oxygens (including phenoxy) is 1. The van der Waals surface area contributed by atoms with Crippen molar-refractivity contribution in [1.82, 2.24) is 5.32 Å². The average molecular weight is 559 g/mol. The lowest BCUT2D eigenvalue weighted by atomic mass is 9.74. The number of nitrogens with one attached hydrogen (secondary N) is 1. The highest BCUT2D eigenvalue weighted by Gasteiger charge is 2.35. The Labute approximate surface area is 239 Å². The molecule has 1 aliphatic carbocycles. The molecule has 3 rings (SSSR count). The number of halogens is 2. The van der Waals surface area contributed by atoms with Crippen molar-refractivity contribution in [3.05, 3.63) is 64.7 Å². The number of hydrogen-bond acceptors (Lipinski definition) is 4. The molecular formula is C33H48F2N2O3. The molecular weight excluding hydrogens is 510 g/mol. The van der Waals surface area contributed by atoms with E-state index in [1.165, 1.54) is 28.5 Å². The van der Waals surface area contributed by atoms with E-state index >= 15 is 4.39 Å². The van der Waals surface area contributed by atoms with Crippen LogP contribution in [0.3, 0.4) is 0 Å². The maximum absolute atomic E-state index is 15.0. The number of carbonyl (C=O) groups excluding carboxylic acids is 1. The Morgan fingerprint density at radius 2 is 1.75 bits per heavy atom. The number of aliphatic hydroxyl groups is 1. The van der Waals surface area contributed by atoms with Crippen molar-refractivity contribution in [3.8, 4) is 0 Å². The number of hydrogen-bond donors (Lipinski definition) is 2. The van der Waals surface area contributed by atoms with E-state index in [0.717, 1.165) is 31.7 Å². The smallest absolute Gasteiger partial charge is 0.414 e. The van der Waals surface area contributed by atoms with Crippen LogP contribution in [0.1, 0.15) is 104 Å². The van der Waals surface area contributed by atoms with Crippen LogP contribution in [0.15, 0.2) is 36.4 Å². The molecule has 2 aromatic carbocycles. The number of carbonyl (C=O) groups is 1. The quantitative estimate of drug-likeness (QED) is 0.330. The molecule has 1 fully saturated rings. The summed E-state index contributed by atoms with van der Waals surface area (Å²) < 4.78 is 34.8. The van der Waals surface area contributed by atoms with Gasteiger partial charge in [0, 0.05) is 24.7 Å². The molecule has 0 radical (unpaired) electrons. The summed E-state index contributed by atoms with van der Waals surface area (Å²) in [7, 11) is 0. The highest BCUT2D eigenvalue weighted by molar-refractivity contribution is 5.89. The molecule has 2 aromatic rings. The van der Waals surface area contributed by atoms with Crippen molar-refractivity contribution >= 4 is 11.8 Å². The normalized spacial score (nSPS) is 16.4. The minimum Gasteiger partial charge on any atom is -0.443 e. The third-order valence-corrected chi connectivity index (χ3v) is 7.72. The molecule has 1 unspecified atom stereocenters. The fraction of sp³-hybridized carbons (Fsp3) is 0.606. The van der Waals surface area contributed by atoms with Crippen LogP contribution in [0, 0.1) is 11.6 Å². The second kappa shape index (κ2) is 13.0. The van der Waals surface area contributed by atoms with Crippen LogP contribution in [0.2, 0.25) is 0 Å². The predicted octanol–water partition coefficient (Wildman–Crippen LogP) is 7.77. The van der Waals surface area contributed by atoms with Crippen LogP contribution in [-0.4, -0.2) is 36.0 Å². The van der Waals surface area contributed by atoms with Crippen LogP contribution in [-0.2, 0) is 22.1 Å². The lowest BCUT2D eigenvalue weighted by Crippen LogP contribution is -2.47. The molecule has 2 N–H and O–H groups in total. The van der Waals surface area contributed by atoms with Gasteiger partial charge in [-0.25, -0.2) is 13.6 Å². The lowest BCUT2D eigenvalue weighted by molar-refractivity contribution is 0.0580. The largest absolute Gasteiger partial charge is 0.443 e. The number of benzene rings is 2. The van der Waals surface area contributed by atoms with E-state index in [0.29, 0.717) is 12.1 Å². The van der Waals surface area contributed by atoms with Crippen LogP contribution < -0.4 is 10.2 Å². The molecule has 1 saturated carbocycles. The minimum absolute atomic E-state index is 0.000977. The van der Waals surface area contributed by atoms with Crippen LogP contribution in [0.4, 0.5) is 19.3 Å². The molecule has 0 aromatic heterocycles. The zero-order valence-electron chi connectivity index (χ0n) is 25.4. The first-order valence-corrected chi connectivity index (χ1v) is 14.7. The Balaban J connectivity index is 1.77. The summed E-state index contributed by atoms with van der Waals surface area (Å²) in [6, 6.07) is 10.8. The van der Waals surface area contributed by atoms with Crippen molar-refractivity contribution in [2.24, 2.45) is 0 Å². The predicted molar refractivity (Wildman–Crippen MR) is 158 cm³/mol. The molecule has 40 heavy (non-hydrogen) atoms. The number of anilines is 1. The van der Waals surface area contributed by atoms with Gasteiger partial charge in [-0.1, -0.05) is 64.3 Å². The van der Waals surface area contributed by atoms with Gasteiger partial charge in [0.15, 0.2) is 0 Å². The van der Waals surface area contributed by atoms with Crippen molar-refractivity contribution in [2.75, 3.05) is 18.0 Å². The molecule has 0 aliphatic heterocycles. The number of aryl methyl sites for hydroxylation is 1. The van der Waals surface area contributed by atoms with Gasteiger partial charge in [0.2, 0.25) is 0 Å². The second-order valence-electron chi connectivity index (χ2n) is 13.2. The van der Waals surface area contributed by atoms with Gasteiger partial charge in [0.1, 0.15) is 17.2 Å². The SMILES string of the molecule is CCN(C(=O)OC(C)(C)C)c1c(F)cc(F)cc1CCC(O)CNC1(c2cccc(C(C)(C)C)c2)CCCCC1. The number of nitrogens with zero attached hydrogens (tertiary/aromatic N) is 1. The van der Waals surface area contributed by atoms with Crippen LogP contribution >= 0.6 is 0 Å². The Morgan fingerprint density at radius 3 is 2.35 bits per heavy atom. The van der Waals surface area contributed by atoms with Gasteiger partial charge in [-0.05, 0) is 81.5 Å². The van der Waals surface area contributed by atoms with Crippen molar-refractivity contribution in [1.29, 1.82) is 0 Å². The Morgan fingerprint density at radius 1 is 1.07 bits per heavy atom. The monoisotopic (exact) mass is 558 g/mol. The van der Waals surface area contributed by atoms with E-state index in [1.54, 1.807) is 27.7 Å². The Hall–Kier alpha value is -2.51. The lowest BCUT2D eigenvalue weighted by Gasteiger charge is -2.40. The van der Waals surface area contributed by atoms with Gasteiger partial charge in [-0.15, -0.1) is 0 Å². The van der Waals surface area contributed by atoms with Gasteiger partial charge in [0.05, 0.1) is 11.8 Å². The third-order valence-electron chi connectivity index (χ3n) is 7.72. The van der Waals surface area contributed by atoms with E-state index in [-0.39, 0.29) is 36.0 Å². The summed E-state index contributed by atoms with van der Waals surface area (Å²) >= 11 is 0. The third kappa shape index (κ3) is 8.26. The Bertz CT molecular complexity index is 1150. The summed E-state index contributed by atoms with van der Waals surface area (Å²) in [5.41, 5.74) is 1.92. The van der Waals surface area contributed by atoms with Gasteiger partial charge < -0.3 is 15.2 Å². The summed E-state index contributed by atoms with van der Waals surface area (Å²) in [4.78, 5) is 14.0. The molecule has 1 atom stereocenters. The first-order chi connectivity index (χ1) is 18.6. The maximum atomic E-state index is 15.0. The molecule has 0 bridgehead atoms. The molecule has 7 heteroatoms. The van der Waals surface area contributed by atoms with Crippen LogP contribution in [0.25, 0.3) is 0 Å². The van der Waals surface area contributed by atoms with Gasteiger partial charge in [-0.3, -0.25) is 4.90 Å². The maximum Gasteiger partial charge on any atom is 0.414 e. The summed E-state index contributed by atoms with van der Waals surface area (Å²) in [5, 5.41) is 14.7. The number of rotatable bonds is 9. The van der Waals surface area contributed by atoms with Gasteiger partial charge in [-0.2, -0.15) is 0 Å². The highest BCUT2D eigenvalue weighted by atomic mass is 19.1. The molecule has 0 saturated heterocycles. The molecule has 1 aliphatic rings. The zero-order chi connectivity index (χ0) is 29.7. The van der Waals surface area contributed by atoms with Crippen molar-refractivity contribution in [2.45, 2.75) is 116 Å². The van der Waals surface area contributed by atoms with E-state index in [4.69, 9.17) is 4.74 Å². The Kier molecular flexibility index (Phi) is 10.4. The fourth-order valence-electron chi connectivity index (χ4n) is 5.55. The van der Waals surface area contributed by atoms with Crippen LogP contribution in [0.5, 0.6) is 0 Å². The highest BCUT2D eigenvalue weighted by Crippen LogP contribution is 2.39. The van der Waals surface area contributed by atoms with Gasteiger partial charge >= 0.3 is 6.09 Å². The summed E-state index contributed by atoms with van der Waals surface area (Å²) in [6.45, 7) is 14.1. The zero-order valence-corrected chi connectivity index (χ0v) is 25.4. The summed E-state index contributed by atoms with van der Waals surface area (Å²) in [6.07, 6.45) is 4.48. The molecule has 1 amide bonds. The first-order valence-electron chi connectivity index (χ1n) is 14.7. The average Bonchev–Trinajstić information content (AvgIpc) is 2.87. The van der Waals surface area contributed by atoms with Crippen molar-refractivity contribution in [3.63, 3.8) is 0 Å². The van der Waals surface area contributed by atoms with E-state index in [9.17, 15) is 14.3 Å². The second-order valence-corrected chi connectivity index (χ2v) is 13.2. The molecule has 222 valence electrons. The summed E-state index contributed by atoms with van der Waals surface area (Å²) in [5.74, 6) is -1.54. The first kappa shape index (κ1) is 32.0. The fourth-order valence-corrected chi connectivity index (χ4v) is 5.55. The van der Waals surface area contributed by atoms with Gasteiger partial charge in [0.25, 0.3) is 0 Å². The molecule has 0 heterocycles. The van der Waals surface area contributed by atoms with Crippen molar-refractivity contribution < 1.29 is 23.4 Å². The van der Waals surface area contributed by atoms with E-state index in [2.05, 4.69) is 50.4 Å². The standard InChI is InChI=1S/C33H48F2N2O3/c1-8-37(30(39)40-32(5,6)7)29-23(19-26(34)21-28(29)35)15-16-27(38)22-36-33(17-10-9-11-18-33)25-14-12-13-24(20-25)31(2,3)4/h12-14,19-21,27,36,38H,8-11,15-18,22H2,1-7H3. The number of amides is 1. The van der Waals surface area contributed by atoms with E-state index in [1.807, 2.05) is 0 Å².